The van der Waals surface area contributed by atoms with Crippen LogP contribution in [-0.2, 0) is 20.8 Å². The standard InChI is InChI=1S/C20H22N4O4.C3H8.3H2/c1-14(18(26)22-11-12-25)23-20(28)17(13-15-7-9-21-10-8-15)24-19(27)16-5-3-2-4-6-16;1-3-2;;;/h2-10,12,14,17H,11,13H2,1H3,(H,22,26)(H,23,28)(H,24,27);3H2,1-2H3;3*1H/t14-,17+;;;;/m0..../s1. The van der Waals surface area contributed by atoms with Gasteiger partial charge in [0, 0.05) is 28.7 Å². The first-order valence-electron chi connectivity index (χ1n) is 10.2. The first kappa shape index (κ1) is 25.5. The molecule has 31 heavy (non-hydrogen) atoms. The van der Waals surface area contributed by atoms with Crippen molar-refractivity contribution >= 4 is 24.0 Å². The maximum atomic E-state index is 12.7. The summed E-state index contributed by atoms with van der Waals surface area (Å²) in [5, 5.41) is 7.65. The van der Waals surface area contributed by atoms with Crippen molar-refractivity contribution in [2.75, 3.05) is 6.54 Å². The normalized spacial score (nSPS) is 11.7. The van der Waals surface area contributed by atoms with Crippen LogP contribution in [0.2, 0.25) is 0 Å². The molecule has 0 fully saturated rings. The highest BCUT2D eigenvalue weighted by Crippen LogP contribution is 2.05. The number of nitrogens with zero attached hydrogens (tertiary/aromatic N) is 1. The molecule has 0 aliphatic heterocycles. The Morgan fingerprint density at radius 3 is 2.19 bits per heavy atom. The highest BCUT2D eigenvalue weighted by molar-refractivity contribution is 5.98. The van der Waals surface area contributed by atoms with Gasteiger partial charge in [0.25, 0.3) is 5.91 Å². The van der Waals surface area contributed by atoms with E-state index in [-0.39, 0.29) is 17.2 Å². The monoisotopic (exact) mass is 432 g/mol. The first-order chi connectivity index (χ1) is 14.9. The molecule has 0 radical (unpaired) electrons. The Morgan fingerprint density at radius 2 is 1.61 bits per heavy atom. The second-order valence-corrected chi connectivity index (χ2v) is 6.80. The van der Waals surface area contributed by atoms with Crippen LogP contribution < -0.4 is 16.0 Å². The molecule has 3 amide bonds. The molecule has 8 nitrogen and oxygen atoms in total. The van der Waals surface area contributed by atoms with Crippen molar-refractivity contribution < 1.29 is 23.5 Å². The number of carbonyl (C=O) groups excluding carboxylic acids is 4. The number of nitrogens with one attached hydrogen (secondary N) is 3. The fourth-order valence-corrected chi connectivity index (χ4v) is 2.47. The van der Waals surface area contributed by atoms with Gasteiger partial charge in [-0.2, -0.15) is 0 Å². The average Bonchev–Trinajstić information content (AvgIpc) is 2.78. The number of pyridine rings is 1. The summed E-state index contributed by atoms with van der Waals surface area (Å²) in [6.45, 7) is 5.62. The van der Waals surface area contributed by atoms with Gasteiger partial charge >= 0.3 is 0 Å². The van der Waals surface area contributed by atoms with Crippen molar-refractivity contribution in [3.63, 3.8) is 0 Å². The second-order valence-electron chi connectivity index (χ2n) is 6.80. The first-order valence-corrected chi connectivity index (χ1v) is 10.2. The zero-order valence-corrected chi connectivity index (χ0v) is 18.1. The Morgan fingerprint density at radius 1 is 1.00 bits per heavy atom. The number of hydrogen-bond donors (Lipinski definition) is 3. The molecule has 1 heterocycles. The van der Waals surface area contributed by atoms with Gasteiger partial charge < -0.3 is 20.7 Å². The Hall–Kier alpha value is -3.55. The lowest BCUT2D eigenvalue weighted by molar-refractivity contribution is -0.129. The van der Waals surface area contributed by atoms with E-state index in [2.05, 4.69) is 34.8 Å². The fourth-order valence-electron chi connectivity index (χ4n) is 2.47. The Bertz CT molecular complexity index is 843. The van der Waals surface area contributed by atoms with Crippen molar-refractivity contribution in [2.45, 2.75) is 45.7 Å². The summed E-state index contributed by atoms with van der Waals surface area (Å²) < 4.78 is 0. The van der Waals surface area contributed by atoms with Gasteiger partial charge in [0.15, 0.2) is 0 Å². The van der Waals surface area contributed by atoms with Crippen molar-refractivity contribution in [1.82, 2.24) is 20.9 Å². The van der Waals surface area contributed by atoms with Gasteiger partial charge in [-0.1, -0.05) is 38.5 Å². The van der Waals surface area contributed by atoms with Gasteiger partial charge in [0.2, 0.25) is 11.8 Å². The maximum Gasteiger partial charge on any atom is 0.251 e. The van der Waals surface area contributed by atoms with E-state index in [1.54, 1.807) is 54.9 Å². The minimum atomic E-state index is -0.892. The van der Waals surface area contributed by atoms with Crippen LogP contribution >= 0.6 is 0 Å². The average molecular weight is 433 g/mol. The summed E-state index contributed by atoms with van der Waals surface area (Å²) in [5.41, 5.74) is 1.23. The van der Waals surface area contributed by atoms with Gasteiger partial charge in [-0.25, -0.2) is 0 Å². The summed E-state index contributed by atoms with van der Waals surface area (Å²) in [6.07, 6.45) is 5.23. The van der Waals surface area contributed by atoms with Crippen LogP contribution in [0.3, 0.4) is 0 Å². The molecular formula is C23H36N4O4. The van der Waals surface area contributed by atoms with Crippen LogP contribution in [0.25, 0.3) is 0 Å². The van der Waals surface area contributed by atoms with E-state index in [1.807, 2.05) is 0 Å². The number of aldehydes is 1. The van der Waals surface area contributed by atoms with E-state index in [0.29, 0.717) is 11.8 Å². The number of benzene rings is 1. The molecule has 1 aromatic carbocycles. The van der Waals surface area contributed by atoms with E-state index in [0.717, 1.165) is 5.56 Å². The molecule has 0 spiro atoms. The Kier molecular flexibility index (Phi) is 11.9. The van der Waals surface area contributed by atoms with Gasteiger partial charge in [0.1, 0.15) is 18.4 Å². The quantitative estimate of drug-likeness (QED) is 0.526. The number of aromatic nitrogens is 1. The Balaban J connectivity index is -0.00000152. The van der Waals surface area contributed by atoms with E-state index in [9.17, 15) is 19.2 Å². The molecule has 0 saturated carbocycles. The third-order valence-electron chi connectivity index (χ3n) is 3.96. The van der Waals surface area contributed by atoms with Crippen molar-refractivity contribution in [3.05, 3.63) is 66.0 Å². The van der Waals surface area contributed by atoms with Crippen LogP contribution in [-0.4, -0.2) is 47.6 Å². The fraction of sp³-hybridized carbons (Fsp3) is 0.348. The maximum absolute atomic E-state index is 12.7. The van der Waals surface area contributed by atoms with Crippen molar-refractivity contribution in [3.8, 4) is 0 Å². The molecule has 2 atom stereocenters. The molecule has 2 rings (SSSR count). The lowest BCUT2D eigenvalue weighted by atomic mass is 10.1. The number of amides is 3. The summed E-state index contributed by atoms with van der Waals surface area (Å²) in [4.78, 5) is 51.4. The molecule has 1 aromatic heterocycles. The molecule has 8 heteroatoms. The molecule has 172 valence electrons. The predicted molar refractivity (Wildman–Crippen MR) is 125 cm³/mol. The lowest BCUT2D eigenvalue weighted by Crippen LogP contribution is -2.53. The van der Waals surface area contributed by atoms with E-state index in [1.165, 1.54) is 13.3 Å². The minimum absolute atomic E-state index is 0. The highest BCUT2D eigenvalue weighted by atomic mass is 16.2. The zero-order valence-electron chi connectivity index (χ0n) is 18.1. The summed E-state index contributed by atoms with van der Waals surface area (Å²) in [5.74, 6) is -1.39. The summed E-state index contributed by atoms with van der Waals surface area (Å²) in [7, 11) is 0. The van der Waals surface area contributed by atoms with Crippen LogP contribution in [0, 0.1) is 0 Å². The molecule has 0 unspecified atom stereocenters. The zero-order chi connectivity index (χ0) is 23.1. The summed E-state index contributed by atoms with van der Waals surface area (Å²) >= 11 is 0. The minimum Gasteiger partial charge on any atom is -0.348 e. The van der Waals surface area contributed by atoms with Gasteiger partial charge in [-0.3, -0.25) is 19.4 Å². The highest BCUT2D eigenvalue weighted by Gasteiger charge is 2.25. The van der Waals surface area contributed by atoms with Crippen molar-refractivity contribution in [1.29, 1.82) is 0 Å². The molecule has 0 bridgehead atoms. The predicted octanol–water partition coefficient (Wildman–Crippen LogP) is 2.40. The van der Waals surface area contributed by atoms with Gasteiger partial charge in [-0.05, 0) is 36.8 Å². The molecule has 3 N–H and O–H groups in total. The third kappa shape index (κ3) is 9.66. The largest absolute Gasteiger partial charge is 0.348 e. The third-order valence-corrected chi connectivity index (χ3v) is 3.96. The van der Waals surface area contributed by atoms with E-state index >= 15 is 0 Å². The van der Waals surface area contributed by atoms with Crippen LogP contribution in [0.15, 0.2) is 54.9 Å². The van der Waals surface area contributed by atoms with Gasteiger partial charge in [0.05, 0.1) is 6.54 Å². The van der Waals surface area contributed by atoms with E-state index in [4.69, 9.17) is 0 Å². The van der Waals surface area contributed by atoms with Crippen LogP contribution in [0.1, 0.15) is 47.4 Å². The molecule has 0 aliphatic rings. The van der Waals surface area contributed by atoms with Crippen LogP contribution in [0.4, 0.5) is 0 Å². The van der Waals surface area contributed by atoms with E-state index < -0.39 is 29.8 Å². The number of carbonyl (C=O) groups is 4. The molecule has 0 aliphatic carbocycles. The Labute approximate surface area is 187 Å². The number of hydrogen-bond acceptors (Lipinski definition) is 5. The van der Waals surface area contributed by atoms with Gasteiger partial charge in [-0.15, -0.1) is 0 Å². The molecule has 0 saturated heterocycles. The topological polar surface area (TPSA) is 117 Å². The lowest BCUT2D eigenvalue weighted by Gasteiger charge is -2.21. The summed E-state index contributed by atoms with van der Waals surface area (Å²) in [6, 6.07) is 10.3. The smallest absolute Gasteiger partial charge is 0.251 e. The molecular weight excluding hydrogens is 396 g/mol. The van der Waals surface area contributed by atoms with Crippen molar-refractivity contribution in [2.24, 2.45) is 0 Å². The number of rotatable bonds is 9. The van der Waals surface area contributed by atoms with Crippen LogP contribution in [0.5, 0.6) is 0 Å². The SMILES string of the molecule is CCC.C[C@H](NC(=O)[C@@H](Cc1ccncc1)NC(=O)c1ccccc1)C(=O)NCC=O.[HH].[HH].[HH]. The molecule has 2 aromatic rings. The second kappa shape index (κ2) is 14.4.